The van der Waals surface area contributed by atoms with Gasteiger partial charge in [-0.15, -0.1) is 0 Å². The fourth-order valence-corrected chi connectivity index (χ4v) is 1.87. The summed E-state index contributed by atoms with van der Waals surface area (Å²) in [6.07, 6.45) is 2.43. The number of hydrogen-bond acceptors (Lipinski definition) is 3. The Kier molecular flexibility index (Phi) is 3.85. The lowest BCUT2D eigenvalue weighted by molar-refractivity contribution is 0.0935. The molecule has 1 aromatic carbocycles. The second-order valence-corrected chi connectivity index (χ2v) is 4.49. The summed E-state index contributed by atoms with van der Waals surface area (Å²) in [6.45, 7) is 4.05. The first-order valence-corrected chi connectivity index (χ1v) is 6.30. The van der Waals surface area contributed by atoms with E-state index in [4.69, 9.17) is 5.73 Å². The molecule has 0 aliphatic carbocycles. The molecule has 0 saturated carbocycles. The molecular formula is C14H18N4O. The summed E-state index contributed by atoms with van der Waals surface area (Å²) < 4.78 is 0. The SMILES string of the molecule is CCc1ccc(C(C)NC(=O)c2[nH]ncc2N)cc1. The number of hydrogen-bond donors (Lipinski definition) is 3. The third-order valence-electron chi connectivity index (χ3n) is 3.13. The van der Waals surface area contributed by atoms with Gasteiger partial charge in [-0.05, 0) is 24.5 Å². The van der Waals surface area contributed by atoms with Crippen LogP contribution in [0.4, 0.5) is 5.69 Å². The van der Waals surface area contributed by atoms with E-state index in [1.807, 2.05) is 19.1 Å². The van der Waals surface area contributed by atoms with Gasteiger partial charge in [0.1, 0.15) is 5.69 Å². The van der Waals surface area contributed by atoms with Gasteiger partial charge in [-0.1, -0.05) is 31.2 Å². The lowest BCUT2D eigenvalue weighted by atomic mass is 10.0. The van der Waals surface area contributed by atoms with Crippen molar-refractivity contribution in [2.24, 2.45) is 0 Å². The van der Waals surface area contributed by atoms with Crippen molar-refractivity contribution in [3.8, 4) is 0 Å². The number of nitrogens with zero attached hydrogens (tertiary/aromatic N) is 1. The maximum atomic E-state index is 12.0. The highest BCUT2D eigenvalue weighted by Gasteiger charge is 2.15. The zero-order valence-electron chi connectivity index (χ0n) is 11.1. The maximum absolute atomic E-state index is 12.0. The molecule has 0 aliphatic rings. The number of benzene rings is 1. The topological polar surface area (TPSA) is 83.8 Å². The van der Waals surface area contributed by atoms with E-state index in [0.29, 0.717) is 11.4 Å². The van der Waals surface area contributed by atoms with E-state index in [9.17, 15) is 4.79 Å². The molecule has 0 saturated heterocycles. The molecule has 2 rings (SSSR count). The Hall–Kier alpha value is -2.30. The molecule has 1 unspecified atom stereocenters. The molecule has 1 heterocycles. The van der Waals surface area contributed by atoms with Crippen molar-refractivity contribution >= 4 is 11.6 Å². The molecular weight excluding hydrogens is 240 g/mol. The van der Waals surface area contributed by atoms with Gasteiger partial charge in [0, 0.05) is 0 Å². The molecule has 100 valence electrons. The third-order valence-corrected chi connectivity index (χ3v) is 3.13. The lowest BCUT2D eigenvalue weighted by Gasteiger charge is -2.14. The monoisotopic (exact) mass is 258 g/mol. The van der Waals surface area contributed by atoms with Crippen LogP contribution < -0.4 is 11.1 Å². The Labute approximate surface area is 112 Å². The first kappa shape index (κ1) is 13.1. The van der Waals surface area contributed by atoms with Crippen molar-refractivity contribution in [1.82, 2.24) is 15.5 Å². The van der Waals surface area contributed by atoms with E-state index in [-0.39, 0.29) is 11.9 Å². The molecule has 0 fully saturated rings. The number of aromatic amines is 1. The maximum Gasteiger partial charge on any atom is 0.271 e. The van der Waals surface area contributed by atoms with E-state index in [1.54, 1.807) is 0 Å². The number of nitrogen functional groups attached to an aromatic ring is 1. The van der Waals surface area contributed by atoms with Crippen LogP contribution in [-0.4, -0.2) is 16.1 Å². The minimum absolute atomic E-state index is 0.0823. The van der Waals surface area contributed by atoms with E-state index >= 15 is 0 Å². The van der Waals surface area contributed by atoms with Crippen molar-refractivity contribution in [1.29, 1.82) is 0 Å². The number of amides is 1. The second kappa shape index (κ2) is 5.56. The Morgan fingerprint density at radius 1 is 1.42 bits per heavy atom. The number of H-pyrrole nitrogens is 1. The van der Waals surface area contributed by atoms with Crippen LogP contribution in [0.3, 0.4) is 0 Å². The number of carbonyl (C=O) groups excluding carboxylic acids is 1. The normalized spacial score (nSPS) is 12.1. The molecule has 2 aromatic rings. The van der Waals surface area contributed by atoms with Crippen molar-refractivity contribution in [2.45, 2.75) is 26.3 Å². The highest BCUT2D eigenvalue weighted by atomic mass is 16.2. The van der Waals surface area contributed by atoms with Crippen LogP contribution in [0.5, 0.6) is 0 Å². The summed E-state index contributed by atoms with van der Waals surface area (Å²) in [6, 6.07) is 8.12. The fourth-order valence-electron chi connectivity index (χ4n) is 1.87. The third kappa shape index (κ3) is 2.93. The molecule has 19 heavy (non-hydrogen) atoms. The standard InChI is InChI=1S/C14H18N4O/c1-3-10-4-6-11(7-5-10)9(2)17-14(19)13-12(15)8-16-18-13/h4-9H,3,15H2,1-2H3,(H,16,18)(H,17,19). The van der Waals surface area contributed by atoms with Crippen molar-refractivity contribution in [2.75, 3.05) is 5.73 Å². The highest BCUT2D eigenvalue weighted by Crippen LogP contribution is 2.15. The second-order valence-electron chi connectivity index (χ2n) is 4.49. The number of anilines is 1. The van der Waals surface area contributed by atoms with Crippen molar-refractivity contribution in [3.63, 3.8) is 0 Å². The fraction of sp³-hybridized carbons (Fsp3) is 0.286. The Bertz CT molecular complexity index is 559. The first-order valence-electron chi connectivity index (χ1n) is 6.30. The quantitative estimate of drug-likeness (QED) is 0.784. The van der Waals surface area contributed by atoms with Gasteiger partial charge in [-0.25, -0.2) is 0 Å². The molecule has 1 aromatic heterocycles. The largest absolute Gasteiger partial charge is 0.396 e. The summed E-state index contributed by atoms with van der Waals surface area (Å²) in [5.41, 5.74) is 8.63. The van der Waals surface area contributed by atoms with Gasteiger partial charge in [0.25, 0.3) is 5.91 Å². The molecule has 1 atom stereocenters. The van der Waals surface area contributed by atoms with Crippen LogP contribution in [0.25, 0.3) is 0 Å². The number of aromatic nitrogens is 2. The van der Waals surface area contributed by atoms with E-state index in [0.717, 1.165) is 12.0 Å². The molecule has 5 heteroatoms. The number of nitrogens with two attached hydrogens (primary N) is 1. The highest BCUT2D eigenvalue weighted by molar-refractivity contribution is 5.97. The smallest absolute Gasteiger partial charge is 0.271 e. The van der Waals surface area contributed by atoms with Gasteiger partial charge >= 0.3 is 0 Å². The van der Waals surface area contributed by atoms with E-state index in [2.05, 4.69) is 34.6 Å². The van der Waals surface area contributed by atoms with Crippen molar-refractivity contribution in [3.05, 3.63) is 47.3 Å². The number of carbonyl (C=O) groups is 1. The van der Waals surface area contributed by atoms with Gasteiger partial charge in [0.15, 0.2) is 0 Å². The Balaban J connectivity index is 2.06. The summed E-state index contributed by atoms with van der Waals surface area (Å²) in [4.78, 5) is 12.0. The molecule has 1 amide bonds. The number of aryl methyl sites for hydroxylation is 1. The minimum atomic E-state index is -0.248. The first-order chi connectivity index (χ1) is 9.11. The summed E-state index contributed by atoms with van der Waals surface area (Å²) in [5, 5.41) is 9.21. The molecule has 4 N–H and O–H groups in total. The predicted molar refractivity (Wildman–Crippen MR) is 74.7 cm³/mol. The van der Waals surface area contributed by atoms with E-state index < -0.39 is 0 Å². The average Bonchev–Trinajstić information content (AvgIpc) is 2.85. The molecule has 0 bridgehead atoms. The zero-order valence-corrected chi connectivity index (χ0v) is 11.1. The van der Waals surface area contributed by atoms with Gasteiger partial charge in [-0.2, -0.15) is 5.10 Å². The van der Waals surface area contributed by atoms with Crippen LogP contribution in [0, 0.1) is 0 Å². The summed E-state index contributed by atoms with van der Waals surface area (Å²) in [5.74, 6) is -0.248. The van der Waals surface area contributed by atoms with Crippen LogP contribution in [-0.2, 0) is 6.42 Å². The van der Waals surface area contributed by atoms with Crippen LogP contribution in [0.15, 0.2) is 30.5 Å². The Morgan fingerprint density at radius 3 is 2.63 bits per heavy atom. The van der Waals surface area contributed by atoms with Crippen LogP contribution >= 0.6 is 0 Å². The lowest BCUT2D eigenvalue weighted by Crippen LogP contribution is -2.27. The van der Waals surface area contributed by atoms with Gasteiger partial charge in [-0.3, -0.25) is 9.89 Å². The molecule has 0 aliphatic heterocycles. The molecule has 0 spiro atoms. The van der Waals surface area contributed by atoms with Gasteiger partial charge in [0.2, 0.25) is 0 Å². The minimum Gasteiger partial charge on any atom is -0.396 e. The summed E-state index contributed by atoms with van der Waals surface area (Å²) in [7, 11) is 0. The number of rotatable bonds is 4. The molecule has 0 radical (unpaired) electrons. The van der Waals surface area contributed by atoms with Gasteiger partial charge in [0.05, 0.1) is 17.9 Å². The summed E-state index contributed by atoms with van der Waals surface area (Å²) >= 11 is 0. The Morgan fingerprint density at radius 2 is 2.11 bits per heavy atom. The van der Waals surface area contributed by atoms with Crippen LogP contribution in [0.2, 0.25) is 0 Å². The number of nitrogens with one attached hydrogen (secondary N) is 2. The average molecular weight is 258 g/mol. The van der Waals surface area contributed by atoms with Crippen molar-refractivity contribution < 1.29 is 4.79 Å². The molecule has 5 nitrogen and oxygen atoms in total. The van der Waals surface area contributed by atoms with Crippen LogP contribution in [0.1, 0.15) is 41.5 Å². The zero-order chi connectivity index (χ0) is 13.8. The predicted octanol–water partition coefficient (Wildman–Crippen LogP) is 2.05. The van der Waals surface area contributed by atoms with E-state index in [1.165, 1.54) is 11.8 Å². The van der Waals surface area contributed by atoms with Gasteiger partial charge < -0.3 is 11.1 Å².